The highest BCUT2D eigenvalue weighted by Gasteiger charge is 2.23. The molecule has 2 saturated heterocycles. The van der Waals surface area contributed by atoms with Crippen LogP contribution in [0.25, 0.3) is 0 Å². The van der Waals surface area contributed by atoms with Gasteiger partial charge in [-0.25, -0.2) is 0 Å². The molecule has 0 unspecified atom stereocenters. The van der Waals surface area contributed by atoms with Crippen LogP contribution in [0.15, 0.2) is 36.4 Å². The van der Waals surface area contributed by atoms with Gasteiger partial charge in [-0.3, -0.25) is 0 Å². The van der Waals surface area contributed by atoms with Gasteiger partial charge in [-0.1, -0.05) is 44.2 Å². The second-order valence-electron chi connectivity index (χ2n) is 9.53. The summed E-state index contributed by atoms with van der Waals surface area (Å²) in [5, 5.41) is 7.18. The van der Waals surface area contributed by atoms with Crippen molar-refractivity contribution in [2.45, 2.75) is 52.5 Å². The molecule has 0 spiro atoms. The van der Waals surface area contributed by atoms with E-state index in [2.05, 4.69) is 59.4 Å². The van der Waals surface area contributed by atoms with Gasteiger partial charge in [-0.2, -0.15) is 9.97 Å². The van der Waals surface area contributed by atoms with Gasteiger partial charge in [-0.15, -0.1) is 0 Å². The fraction of sp³-hybridized carbons (Fsp3) is 0.560. The van der Waals surface area contributed by atoms with Crippen LogP contribution in [0.5, 0.6) is 0 Å². The summed E-state index contributed by atoms with van der Waals surface area (Å²) in [4.78, 5) is 14.6. The van der Waals surface area contributed by atoms with Gasteiger partial charge in [0.25, 0.3) is 0 Å². The van der Waals surface area contributed by atoms with Crippen LogP contribution in [-0.2, 0) is 0 Å². The molecule has 0 bridgehead atoms. The zero-order valence-corrected chi connectivity index (χ0v) is 20.4. The van der Waals surface area contributed by atoms with Gasteiger partial charge in [0.15, 0.2) is 5.11 Å². The van der Waals surface area contributed by atoms with E-state index in [9.17, 15) is 0 Å². The maximum absolute atomic E-state index is 5.62. The van der Waals surface area contributed by atoms with E-state index in [4.69, 9.17) is 22.2 Å². The number of piperidine rings is 2. The topological polar surface area (TPSA) is 56.3 Å². The minimum atomic E-state index is 0.102. The van der Waals surface area contributed by atoms with Crippen LogP contribution in [-0.4, -0.2) is 41.3 Å². The fourth-order valence-electron chi connectivity index (χ4n) is 4.76. The van der Waals surface area contributed by atoms with Crippen molar-refractivity contribution in [1.82, 2.24) is 15.3 Å². The Balaban J connectivity index is 1.53. The Labute approximate surface area is 197 Å². The van der Waals surface area contributed by atoms with Gasteiger partial charge in [0, 0.05) is 32.2 Å². The number of aromatic nitrogens is 2. The summed E-state index contributed by atoms with van der Waals surface area (Å²) in [5.41, 5.74) is 1.19. The second kappa shape index (κ2) is 10.5. The van der Waals surface area contributed by atoms with E-state index in [0.29, 0.717) is 22.9 Å². The molecule has 0 amide bonds. The predicted octanol–water partition coefficient (Wildman–Crippen LogP) is 5.00. The van der Waals surface area contributed by atoms with Gasteiger partial charge in [0.1, 0.15) is 11.6 Å². The van der Waals surface area contributed by atoms with Crippen LogP contribution in [0.2, 0.25) is 0 Å². The summed E-state index contributed by atoms with van der Waals surface area (Å²) in [7, 11) is 0. The molecule has 0 radical (unpaired) electrons. The minimum Gasteiger partial charge on any atom is -0.356 e. The van der Waals surface area contributed by atoms with Crippen molar-refractivity contribution in [1.29, 1.82) is 0 Å². The zero-order chi connectivity index (χ0) is 22.5. The molecule has 3 atom stereocenters. The smallest absolute Gasteiger partial charge is 0.232 e. The molecular weight excluding hydrogens is 416 g/mol. The standard InChI is InChI=1S/C25H36N6S/c1-18-9-7-13-30(16-18)22-15-23(31-14-8-10-19(2)17-31)28-24(27-22)29-25(32)26-20(3)21-11-5-4-6-12-21/h4-6,11-12,15,18-20H,7-10,13-14,16-17H2,1-3H3,(H2,26,27,28,29,32)/t18-,19+,20-/m0/s1. The molecule has 3 heterocycles. The Hall–Kier alpha value is -2.41. The number of nitrogens with zero attached hydrogens (tertiary/aromatic N) is 4. The Morgan fingerprint density at radius 2 is 1.53 bits per heavy atom. The quantitative estimate of drug-likeness (QED) is 0.619. The zero-order valence-electron chi connectivity index (χ0n) is 19.6. The summed E-state index contributed by atoms with van der Waals surface area (Å²) in [6.07, 6.45) is 4.99. The van der Waals surface area contributed by atoms with Crippen molar-refractivity contribution >= 4 is 34.9 Å². The monoisotopic (exact) mass is 452 g/mol. The van der Waals surface area contributed by atoms with Crippen LogP contribution in [0.1, 0.15) is 58.1 Å². The Morgan fingerprint density at radius 3 is 2.06 bits per heavy atom. The largest absolute Gasteiger partial charge is 0.356 e. The first-order valence-electron chi connectivity index (χ1n) is 12.0. The number of anilines is 3. The van der Waals surface area contributed by atoms with E-state index in [1.165, 1.54) is 31.2 Å². The highest BCUT2D eigenvalue weighted by molar-refractivity contribution is 7.80. The minimum absolute atomic E-state index is 0.102. The molecule has 2 aromatic rings. The lowest BCUT2D eigenvalue weighted by molar-refractivity contribution is 0.441. The third-order valence-electron chi connectivity index (χ3n) is 6.53. The van der Waals surface area contributed by atoms with E-state index in [1.807, 2.05) is 18.2 Å². The van der Waals surface area contributed by atoms with E-state index in [1.54, 1.807) is 0 Å². The lowest BCUT2D eigenvalue weighted by atomic mass is 10.00. The fourth-order valence-corrected chi connectivity index (χ4v) is 5.02. The van der Waals surface area contributed by atoms with Crippen LogP contribution in [0, 0.1) is 11.8 Å². The summed E-state index contributed by atoms with van der Waals surface area (Å²) in [6.45, 7) is 10.9. The average molecular weight is 453 g/mol. The van der Waals surface area contributed by atoms with E-state index < -0.39 is 0 Å². The third kappa shape index (κ3) is 5.88. The molecule has 1 aromatic carbocycles. The van der Waals surface area contributed by atoms with Crippen molar-refractivity contribution in [3.05, 3.63) is 42.0 Å². The molecule has 0 saturated carbocycles. The molecule has 0 aliphatic carbocycles. The van der Waals surface area contributed by atoms with Gasteiger partial charge in [0.05, 0.1) is 6.04 Å². The summed E-state index contributed by atoms with van der Waals surface area (Å²) in [6, 6.07) is 12.6. The molecule has 6 nitrogen and oxygen atoms in total. The number of hydrogen-bond donors (Lipinski definition) is 2. The second-order valence-corrected chi connectivity index (χ2v) is 9.93. The molecule has 4 rings (SSSR count). The SMILES string of the molecule is C[C@@H]1CCCN(c2cc(N3CCC[C@H](C)C3)nc(NC(=S)N[C@@H](C)c3ccccc3)n2)C1. The van der Waals surface area contributed by atoms with Crippen molar-refractivity contribution < 1.29 is 0 Å². The first-order valence-corrected chi connectivity index (χ1v) is 12.4. The number of thiocarbonyl (C=S) groups is 1. The van der Waals surface area contributed by atoms with Crippen LogP contribution >= 0.6 is 12.2 Å². The maximum Gasteiger partial charge on any atom is 0.232 e. The van der Waals surface area contributed by atoms with Crippen molar-refractivity contribution in [3.8, 4) is 0 Å². The third-order valence-corrected chi connectivity index (χ3v) is 6.75. The van der Waals surface area contributed by atoms with Crippen LogP contribution in [0.4, 0.5) is 17.6 Å². The number of nitrogens with one attached hydrogen (secondary N) is 2. The first-order chi connectivity index (χ1) is 15.5. The molecule has 1 aromatic heterocycles. The predicted molar refractivity (Wildman–Crippen MR) is 137 cm³/mol. The number of hydrogen-bond acceptors (Lipinski definition) is 5. The van der Waals surface area contributed by atoms with Crippen molar-refractivity contribution in [2.75, 3.05) is 41.3 Å². The summed E-state index contributed by atoms with van der Waals surface area (Å²) >= 11 is 5.62. The lowest BCUT2D eigenvalue weighted by Crippen LogP contribution is -2.37. The number of benzene rings is 1. The molecular formula is C25H36N6S. The van der Waals surface area contributed by atoms with E-state index in [-0.39, 0.29) is 6.04 Å². The van der Waals surface area contributed by atoms with Crippen LogP contribution < -0.4 is 20.4 Å². The lowest BCUT2D eigenvalue weighted by Gasteiger charge is -2.35. The highest BCUT2D eigenvalue weighted by Crippen LogP contribution is 2.28. The van der Waals surface area contributed by atoms with Crippen LogP contribution in [0.3, 0.4) is 0 Å². The Kier molecular flexibility index (Phi) is 7.45. The molecule has 2 fully saturated rings. The van der Waals surface area contributed by atoms with E-state index in [0.717, 1.165) is 37.8 Å². The Morgan fingerprint density at radius 1 is 0.969 bits per heavy atom. The maximum atomic E-state index is 5.62. The van der Waals surface area contributed by atoms with Gasteiger partial charge < -0.3 is 20.4 Å². The molecule has 2 aliphatic heterocycles. The highest BCUT2D eigenvalue weighted by atomic mass is 32.1. The van der Waals surface area contributed by atoms with Crippen molar-refractivity contribution in [2.24, 2.45) is 11.8 Å². The van der Waals surface area contributed by atoms with Gasteiger partial charge in [-0.05, 0) is 62.2 Å². The normalized spacial score (nSPS) is 22.3. The van der Waals surface area contributed by atoms with E-state index >= 15 is 0 Å². The summed E-state index contributed by atoms with van der Waals surface area (Å²) in [5.74, 6) is 3.94. The van der Waals surface area contributed by atoms with Gasteiger partial charge in [0.2, 0.25) is 5.95 Å². The van der Waals surface area contributed by atoms with Gasteiger partial charge >= 0.3 is 0 Å². The summed E-state index contributed by atoms with van der Waals surface area (Å²) < 4.78 is 0. The molecule has 2 N–H and O–H groups in total. The molecule has 7 heteroatoms. The molecule has 2 aliphatic rings. The molecule has 32 heavy (non-hydrogen) atoms. The average Bonchev–Trinajstić information content (AvgIpc) is 2.79. The first kappa shape index (κ1) is 22.8. The number of rotatable bonds is 5. The van der Waals surface area contributed by atoms with Crippen molar-refractivity contribution in [3.63, 3.8) is 0 Å². The molecule has 172 valence electrons. The Bertz CT molecular complexity index is 864.